The van der Waals surface area contributed by atoms with E-state index in [1.54, 1.807) is 0 Å². The highest BCUT2D eigenvalue weighted by Crippen LogP contribution is 2.06. The highest BCUT2D eigenvalue weighted by Gasteiger charge is 2.03. The Hall–Kier alpha value is -0.930. The molecule has 0 radical (unpaired) electrons. The summed E-state index contributed by atoms with van der Waals surface area (Å²) in [5, 5.41) is 17.1. The lowest BCUT2D eigenvalue weighted by Gasteiger charge is -1.88. The molecule has 0 spiro atoms. The Labute approximate surface area is 81.4 Å². The first-order chi connectivity index (χ1) is 6.11. The van der Waals surface area contributed by atoms with Crippen LogP contribution in [-0.2, 0) is 6.61 Å². The third-order valence-corrected chi connectivity index (χ3v) is 3.54. The number of rotatable bonds is 2. The summed E-state index contributed by atoms with van der Waals surface area (Å²) >= 11 is 1.52. The molecule has 0 aliphatic heterocycles. The first-order valence-electron chi connectivity index (χ1n) is 4.01. The van der Waals surface area contributed by atoms with Crippen LogP contribution in [0.4, 0.5) is 0 Å². The van der Waals surface area contributed by atoms with Crippen molar-refractivity contribution in [2.24, 2.45) is 0 Å². The molecule has 0 atom stereocenters. The van der Waals surface area contributed by atoms with Gasteiger partial charge in [-0.2, -0.15) is 0 Å². The van der Waals surface area contributed by atoms with E-state index in [-0.39, 0.29) is 6.61 Å². The van der Waals surface area contributed by atoms with Crippen LogP contribution >= 0.6 is 11.3 Å². The molecule has 0 aliphatic carbocycles. The summed E-state index contributed by atoms with van der Waals surface area (Å²) in [6.45, 7) is 7.83. The summed E-state index contributed by atoms with van der Waals surface area (Å²) in [4.78, 5) is 0.946. The minimum absolute atomic E-state index is 0.0598. The monoisotopic (exact) mass is 195 g/mol. The molecule has 0 saturated carbocycles. The normalized spacial score (nSPS) is 12.8. The topological polar surface area (TPSA) is 44.1 Å². The summed E-state index contributed by atoms with van der Waals surface area (Å²) in [6, 6.07) is 0. The molecule has 0 amide bonds. The van der Waals surface area contributed by atoms with E-state index < -0.39 is 0 Å². The van der Waals surface area contributed by atoms with Gasteiger partial charge in [-0.05, 0) is 30.2 Å². The van der Waals surface area contributed by atoms with Gasteiger partial charge in [0.05, 0.1) is 6.61 Å². The second kappa shape index (κ2) is 3.85. The molecular formula is C10H13NOS. The van der Waals surface area contributed by atoms with E-state index in [1.165, 1.54) is 17.6 Å². The van der Waals surface area contributed by atoms with Gasteiger partial charge in [0.15, 0.2) is 0 Å². The van der Waals surface area contributed by atoms with Gasteiger partial charge in [0, 0.05) is 15.6 Å². The average Bonchev–Trinajstić information content (AvgIpc) is 2.43. The molecule has 2 nitrogen and oxygen atoms in total. The van der Waals surface area contributed by atoms with Crippen molar-refractivity contribution in [2.75, 3.05) is 0 Å². The van der Waals surface area contributed by atoms with Gasteiger partial charge in [0.25, 0.3) is 0 Å². The SMILES string of the molecule is C=c1c(C)c(CO)s/c1=C(\C)C=N. The Kier molecular flexibility index (Phi) is 3.01. The lowest BCUT2D eigenvalue weighted by Crippen LogP contribution is -2.21. The third kappa shape index (κ3) is 1.71. The van der Waals surface area contributed by atoms with Crippen LogP contribution in [0.15, 0.2) is 0 Å². The second-order valence-electron chi connectivity index (χ2n) is 2.94. The molecular weight excluding hydrogens is 182 g/mol. The van der Waals surface area contributed by atoms with E-state index in [1.807, 2.05) is 13.8 Å². The number of thiophene rings is 1. The van der Waals surface area contributed by atoms with Crippen molar-refractivity contribution in [3.63, 3.8) is 0 Å². The first kappa shape index (κ1) is 10.2. The molecule has 3 heteroatoms. The van der Waals surface area contributed by atoms with Crippen molar-refractivity contribution >= 4 is 29.7 Å². The van der Waals surface area contributed by atoms with E-state index in [9.17, 15) is 0 Å². The summed E-state index contributed by atoms with van der Waals surface area (Å²) in [5.41, 5.74) is 1.95. The highest BCUT2D eigenvalue weighted by atomic mass is 32.1. The molecule has 1 aromatic rings. The molecule has 0 aromatic carbocycles. The minimum Gasteiger partial charge on any atom is -0.391 e. The molecule has 0 aliphatic rings. The predicted molar refractivity (Wildman–Crippen MR) is 57.6 cm³/mol. The summed E-state index contributed by atoms with van der Waals surface area (Å²) in [5.74, 6) is 0. The maximum Gasteiger partial charge on any atom is 0.0777 e. The Morgan fingerprint density at radius 1 is 1.69 bits per heavy atom. The number of nitrogens with one attached hydrogen (secondary N) is 1. The average molecular weight is 195 g/mol. The van der Waals surface area contributed by atoms with Crippen molar-refractivity contribution in [3.8, 4) is 0 Å². The quantitative estimate of drug-likeness (QED) is 0.673. The zero-order valence-corrected chi connectivity index (χ0v) is 8.66. The molecule has 1 rings (SSSR count). The Morgan fingerprint density at radius 2 is 2.31 bits per heavy atom. The van der Waals surface area contributed by atoms with E-state index in [0.717, 1.165) is 25.8 Å². The summed E-state index contributed by atoms with van der Waals surface area (Å²) in [6.07, 6.45) is 1.32. The fourth-order valence-corrected chi connectivity index (χ4v) is 2.22. The minimum atomic E-state index is 0.0598. The fraction of sp³-hybridized carbons (Fsp3) is 0.300. The van der Waals surface area contributed by atoms with Crippen LogP contribution in [0.25, 0.3) is 12.2 Å². The van der Waals surface area contributed by atoms with Crippen molar-refractivity contribution in [1.82, 2.24) is 0 Å². The molecule has 1 heterocycles. The smallest absolute Gasteiger partial charge is 0.0777 e. The molecule has 1 aromatic heterocycles. The zero-order chi connectivity index (χ0) is 10.0. The molecule has 0 bridgehead atoms. The van der Waals surface area contributed by atoms with Gasteiger partial charge in [-0.25, -0.2) is 0 Å². The summed E-state index contributed by atoms with van der Waals surface area (Å²) in [7, 11) is 0. The molecule has 0 saturated heterocycles. The van der Waals surface area contributed by atoms with Gasteiger partial charge in [-0.3, -0.25) is 0 Å². The second-order valence-corrected chi connectivity index (χ2v) is 4.05. The standard InChI is InChI=1S/C10H13NOS/c1-6(4-11)10-8(3)7(2)9(5-12)13-10/h4,11-12H,3,5H2,1-2H3/b10-6+,11-4?. The van der Waals surface area contributed by atoms with Crippen molar-refractivity contribution in [3.05, 3.63) is 20.2 Å². The molecule has 70 valence electrons. The number of aliphatic hydroxyl groups excluding tert-OH is 1. The van der Waals surface area contributed by atoms with E-state index in [4.69, 9.17) is 10.5 Å². The van der Waals surface area contributed by atoms with E-state index >= 15 is 0 Å². The fourth-order valence-electron chi connectivity index (χ4n) is 1.13. The van der Waals surface area contributed by atoms with E-state index in [2.05, 4.69) is 6.58 Å². The van der Waals surface area contributed by atoms with Crippen LogP contribution in [0.5, 0.6) is 0 Å². The van der Waals surface area contributed by atoms with Gasteiger partial charge in [-0.1, -0.05) is 6.58 Å². The van der Waals surface area contributed by atoms with Gasteiger partial charge in [-0.15, -0.1) is 11.3 Å². The molecule has 13 heavy (non-hydrogen) atoms. The van der Waals surface area contributed by atoms with Gasteiger partial charge < -0.3 is 10.5 Å². The maximum absolute atomic E-state index is 9.03. The lowest BCUT2D eigenvalue weighted by atomic mass is 10.2. The Balaban J connectivity index is 3.60. The lowest BCUT2D eigenvalue weighted by molar-refractivity contribution is 0.285. The number of hydrogen-bond donors (Lipinski definition) is 2. The first-order valence-corrected chi connectivity index (χ1v) is 4.83. The van der Waals surface area contributed by atoms with Crippen molar-refractivity contribution in [2.45, 2.75) is 20.5 Å². The van der Waals surface area contributed by atoms with Crippen LogP contribution in [0, 0.1) is 12.3 Å². The predicted octanol–water partition coefficient (Wildman–Crippen LogP) is 0.779. The van der Waals surface area contributed by atoms with Gasteiger partial charge in [0.2, 0.25) is 0 Å². The van der Waals surface area contributed by atoms with Crippen molar-refractivity contribution < 1.29 is 5.11 Å². The molecule has 2 N–H and O–H groups in total. The molecule has 0 unspecified atom stereocenters. The maximum atomic E-state index is 9.03. The van der Waals surface area contributed by atoms with Crippen LogP contribution < -0.4 is 9.75 Å². The number of aliphatic hydroxyl groups is 1. The largest absolute Gasteiger partial charge is 0.391 e. The van der Waals surface area contributed by atoms with Gasteiger partial charge in [0.1, 0.15) is 0 Å². The van der Waals surface area contributed by atoms with Crippen LogP contribution in [-0.4, -0.2) is 11.3 Å². The zero-order valence-electron chi connectivity index (χ0n) is 7.85. The summed E-state index contributed by atoms with van der Waals surface area (Å²) < 4.78 is 1.01. The van der Waals surface area contributed by atoms with Crippen LogP contribution in [0.3, 0.4) is 0 Å². The van der Waals surface area contributed by atoms with Crippen LogP contribution in [0.1, 0.15) is 17.4 Å². The molecule has 0 fully saturated rings. The van der Waals surface area contributed by atoms with Gasteiger partial charge >= 0.3 is 0 Å². The number of hydrogen-bond acceptors (Lipinski definition) is 3. The van der Waals surface area contributed by atoms with E-state index in [0.29, 0.717) is 0 Å². The van der Waals surface area contributed by atoms with Crippen LogP contribution in [0.2, 0.25) is 0 Å². The Morgan fingerprint density at radius 3 is 2.69 bits per heavy atom. The Bertz CT molecular complexity index is 431. The highest BCUT2D eigenvalue weighted by molar-refractivity contribution is 7.10. The van der Waals surface area contributed by atoms with Crippen molar-refractivity contribution in [1.29, 1.82) is 5.41 Å². The third-order valence-electron chi connectivity index (χ3n) is 2.09.